The summed E-state index contributed by atoms with van der Waals surface area (Å²) in [5.74, 6) is 1.97. The molecule has 0 aliphatic heterocycles. The van der Waals surface area contributed by atoms with E-state index in [1.165, 1.54) is 0 Å². The predicted octanol–water partition coefficient (Wildman–Crippen LogP) is -1.47. The van der Waals surface area contributed by atoms with Crippen LogP contribution in [0.25, 0.3) is 5.53 Å². The molecule has 0 amide bonds. The van der Waals surface area contributed by atoms with Gasteiger partial charge in [-0.25, -0.2) is 0 Å². The zero-order chi connectivity index (χ0) is 13.2. The van der Waals surface area contributed by atoms with E-state index >= 15 is 0 Å². The Labute approximate surface area is 116 Å². The summed E-state index contributed by atoms with van der Waals surface area (Å²) in [6.45, 7) is 0.206. The molecule has 1 rings (SSSR count). The number of hydrogen-bond donors (Lipinski definition) is 0. The molecular weight excluding hydrogens is 343 g/mol. The van der Waals surface area contributed by atoms with Crippen LogP contribution in [0.4, 0.5) is 0 Å². The van der Waals surface area contributed by atoms with Crippen molar-refractivity contribution >= 4 is 9.69 Å². The van der Waals surface area contributed by atoms with Crippen LogP contribution < -0.4 is 21.2 Å². The molecule has 0 fully saturated rings. The van der Waals surface area contributed by atoms with Crippen molar-refractivity contribution < 1.29 is 35.5 Å². The maximum absolute atomic E-state index is 11.4. The van der Waals surface area contributed by atoms with Crippen LogP contribution in [0.3, 0.4) is 0 Å². The fourth-order valence-corrected chi connectivity index (χ4v) is 3.19. The minimum Gasteiger partial charge on any atom is -0.464 e. The van der Waals surface area contributed by atoms with E-state index in [0.29, 0.717) is 10.1 Å². The minimum atomic E-state index is -0.634. The monoisotopic (exact) mass is 355 g/mol. The predicted molar refractivity (Wildman–Crippen MR) is 62.8 cm³/mol. The number of halogens is 1. The van der Waals surface area contributed by atoms with Gasteiger partial charge in [-0.05, 0) is 12.1 Å². The lowest BCUT2D eigenvalue weighted by Crippen LogP contribution is -3.64. The number of rotatable bonds is 6. The molecule has 1 aromatic rings. The molecule has 0 unspecified atom stereocenters. The maximum atomic E-state index is 11.4. The fraction of sp³-hybridized carbons (Fsp3) is 0.231. The van der Waals surface area contributed by atoms with E-state index in [1.807, 2.05) is 30.3 Å². The first-order valence-electron chi connectivity index (χ1n) is 5.26. The molecule has 0 saturated carbocycles. The molecule has 0 bridgehead atoms. The summed E-state index contributed by atoms with van der Waals surface area (Å²) in [5, 5.41) is 0. The fourth-order valence-electron chi connectivity index (χ4n) is 1.09. The second kappa shape index (κ2) is 8.45. The summed E-state index contributed by atoms with van der Waals surface area (Å²) >= 11 is -0.634. The second-order valence-electron chi connectivity index (χ2n) is 3.22. The van der Waals surface area contributed by atoms with E-state index < -0.39 is 27.2 Å². The number of esters is 1. The molecule has 92 valence electrons. The minimum absolute atomic E-state index is 0.0171. The van der Waals surface area contributed by atoms with Gasteiger partial charge < -0.3 is 10.3 Å². The van der Waals surface area contributed by atoms with Crippen molar-refractivity contribution in [3.05, 3.63) is 39.4 Å². The van der Waals surface area contributed by atoms with Crippen molar-refractivity contribution in [2.45, 2.75) is 12.8 Å². The molecule has 0 atom stereocenters. The van der Waals surface area contributed by atoms with Gasteiger partial charge >= 0.3 is 30.9 Å². The molecule has 0 spiro atoms. The summed E-state index contributed by atoms with van der Waals surface area (Å²) in [6, 6.07) is 9.63. The number of ether oxygens (including phenoxy) is 1. The maximum Gasteiger partial charge on any atom is 0.506 e. The standard InChI is InChI=1S/C13H12IN2O2/c1-2-3-9-18-13(17)10-12(16-15)14-11-7-5-4-6-8-11/h1,4-8H,3,9-10H2/q+1. The molecule has 18 heavy (non-hydrogen) atoms. The van der Waals surface area contributed by atoms with Gasteiger partial charge in [0.1, 0.15) is 6.61 Å². The first-order valence-corrected chi connectivity index (χ1v) is 7.42. The molecule has 0 heterocycles. The summed E-state index contributed by atoms with van der Waals surface area (Å²) < 4.78 is 6.46. The third kappa shape index (κ3) is 5.62. The van der Waals surface area contributed by atoms with Crippen LogP contribution in [0.15, 0.2) is 30.3 Å². The lowest BCUT2D eigenvalue weighted by Gasteiger charge is -1.96. The van der Waals surface area contributed by atoms with Crippen LogP contribution in [-0.2, 0) is 9.53 Å². The van der Waals surface area contributed by atoms with Crippen LogP contribution >= 0.6 is 0 Å². The third-order valence-electron chi connectivity index (χ3n) is 1.86. The Balaban J connectivity index is 2.46. The van der Waals surface area contributed by atoms with Gasteiger partial charge in [0.25, 0.3) is 0 Å². The molecule has 0 radical (unpaired) electrons. The van der Waals surface area contributed by atoms with Crippen molar-refractivity contribution in [1.29, 1.82) is 0 Å². The molecule has 1 aromatic carbocycles. The first-order chi connectivity index (χ1) is 8.76. The van der Waals surface area contributed by atoms with Crippen molar-refractivity contribution in [1.82, 2.24) is 0 Å². The SMILES string of the molecule is C#CCCOC(=O)CC(=[N+]=[N-])[I+]c1ccccc1. The van der Waals surface area contributed by atoms with E-state index in [-0.39, 0.29) is 13.0 Å². The molecule has 0 aliphatic rings. The molecule has 0 aliphatic carbocycles. The van der Waals surface area contributed by atoms with Crippen molar-refractivity contribution in [2.24, 2.45) is 0 Å². The number of carbonyl (C=O) groups excluding carboxylic acids is 1. The van der Waals surface area contributed by atoms with Crippen LogP contribution in [0.2, 0.25) is 0 Å². The van der Waals surface area contributed by atoms with Crippen molar-refractivity contribution in [3.63, 3.8) is 0 Å². The van der Waals surface area contributed by atoms with E-state index in [4.69, 9.17) is 16.7 Å². The number of hydrogen-bond acceptors (Lipinski definition) is 2. The molecule has 5 heteroatoms. The molecular formula is C13H12IN2O2+. The summed E-state index contributed by atoms with van der Waals surface area (Å²) in [7, 11) is 0. The number of nitrogens with zero attached hydrogens (tertiary/aromatic N) is 2. The lowest BCUT2D eigenvalue weighted by molar-refractivity contribution is -0.531. The van der Waals surface area contributed by atoms with E-state index in [2.05, 4.69) is 10.7 Å². The summed E-state index contributed by atoms with van der Waals surface area (Å²) in [4.78, 5) is 14.6. The van der Waals surface area contributed by atoms with Gasteiger partial charge in [0.05, 0.1) is 0 Å². The van der Waals surface area contributed by atoms with E-state index in [1.54, 1.807) is 0 Å². The smallest absolute Gasteiger partial charge is 0.464 e. The second-order valence-corrected chi connectivity index (χ2v) is 6.25. The Morgan fingerprint density at radius 3 is 2.78 bits per heavy atom. The Hall–Kier alpha value is -1.64. The third-order valence-corrected chi connectivity index (χ3v) is 4.42. The summed E-state index contributed by atoms with van der Waals surface area (Å²) in [5.41, 5.74) is 8.88. The van der Waals surface area contributed by atoms with Gasteiger partial charge in [0.2, 0.25) is 3.57 Å². The van der Waals surface area contributed by atoms with Crippen molar-refractivity contribution in [2.75, 3.05) is 6.61 Å². The van der Waals surface area contributed by atoms with Gasteiger partial charge in [-0.3, -0.25) is 4.79 Å². The Kier molecular flexibility index (Phi) is 6.77. The lowest BCUT2D eigenvalue weighted by atomic mass is 10.4. The average Bonchev–Trinajstić information content (AvgIpc) is 2.39. The number of benzene rings is 1. The molecule has 0 N–H and O–H groups in total. The highest BCUT2D eigenvalue weighted by atomic mass is 127. The Morgan fingerprint density at radius 2 is 2.17 bits per heavy atom. The average molecular weight is 355 g/mol. The zero-order valence-corrected chi connectivity index (χ0v) is 11.8. The Morgan fingerprint density at radius 1 is 1.44 bits per heavy atom. The van der Waals surface area contributed by atoms with Crippen LogP contribution in [0.1, 0.15) is 12.8 Å². The quantitative estimate of drug-likeness (QED) is 0.119. The summed E-state index contributed by atoms with van der Waals surface area (Å²) in [6.07, 6.45) is 5.46. The number of terminal acetylenes is 1. The highest BCUT2D eigenvalue weighted by Gasteiger charge is 2.32. The highest BCUT2D eigenvalue weighted by molar-refractivity contribution is 5.89. The molecule has 0 saturated heterocycles. The highest BCUT2D eigenvalue weighted by Crippen LogP contribution is 1.87. The number of carbonyl (C=O) groups is 1. The largest absolute Gasteiger partial charge is 0.506 e. The Bertz CT molecular complexity index is 487. The normalized spacial score (nSPS) is 9.06. The van der Waals surface area contributed by atoms with Gasteiger partial charge in [0, 0.05) is 6.42 Å². The van der Waals surface area contributed by atoms with Gasteiger partial charge in [0.15, 0.2) is 6.42 Å². The van der Waals surface area contributed by atoms with Crippen LogP contribution in [-0.4, -0.2) is 21.1 Å². The molecule has 4 nitrogen and oxygen atoms in total. The topological polar surface area (TPSA) is 62.7 Å². The zero-order valence-electron chi connectivity index (χ0n) is 9.67. The van der Waals surface area contributed by atoms with Crippen LogP contribution in [0.5, 0.6) is 0 Å². The van der Waals surface area contributed by atoms with Crippen molar-refractivity contribution in [3.8, 4) is 12.3 Å². The van der Waals surface area contributed by atoms with Crippen LogP contribution in [0, 0.1) is 15.9 Å². The van der Waals surface area contributed by atoms with Gasteiger partial charge in [-0.1, -0.05) is 18.2 Å². The van der Waals surface area contributed by atoms with Gasteiger partial charge in [-0.2, -0.15) is 0 Å². The van der Waals surface area contributed by atoms with E-state index in [9.17, 15) is 4.79 Å². The molecule has 0 aromatic heterocycles. The van der Waals surface area contributed by atoms with Gasteiger partial charge in [-0.15, -0.1) is 17.1 Å². The van der Waals surface area contributed by atoms with E-state index in [0.717, 1.165) is 3.57 Å². The first kappa shape index (κ1) is 14.4.